The number of thiocarbonyl (C=S) groups is 1. The molecule has 1 aromatic carbocycles. The van der Waals surface area contributed by atoms with E-state index in [1.807, 2.05) is 6.07 Å². The molecule has 1 saturated heterocycles. The standard InChI is InChI=1S/C13H17NO5S/c15-6-9-10(16)11(17)12(18)13(19-9)14(7-20)8-4-2-1-3-5-8/h1-5,7,9-13,15-18H,6H2/t9-,10-,11+,12+,13-/m1/s1. The Morgan fingerprint density at radius 2 is 1.75 bits per heavy atom. The molecule has 5 atom stereocenters. The normalized spacial score (nSPS) is 33.7. The lowest BCUT2D eigenvalue weighted by Gasteiger charge is -2.43. The summed E-state index contributed by atoms with van der Waals surface area (Å²) < 4.78 is 5.46. The van der Waals surface area contributed by atoms with Gasteiger partial charge in [0.05, 0.1) is 12.1 Å². The molecule has 6 nitrogen and oxygen atoms in total. The van der Waals surface area contributed by atoms with Gasteiger partial charge in [-0.05, 0) is 12.1 Å². The SMILES string of the molecule is OC[C@H]1O[C@@H](N(C=S)c2ccccc2)[C@@H](O)[C@@H](O)[C@@H]1O. The van der Waals surface area contributed by atoms with Crippen molar-refractivity contribution in [2.75, 3.05) is 11.5 Å². The lowest BCUT2D eigenvalue weighted by Crippen LogP contribution is -2.63. The summed E-state index contributed by atoms with van der Waals surface area (Å²) in [5.74, 6) is 0. The molecule has 20 heavy (non-hydrogen) atoms. The highest BCUT2D eigenvalue weighted by Gasteiger charge is 2.45. The minimum atomic E-state index is -1.42. The van der Waals surface area contributed by atoms with Gasteiger partial charge in [-0.1, -0.05) is 30.4 Å². The number of rotatable bonds is 4. The van der Waals surface area contributed by atoms with Crippen LogP contribution in [0.15, 0.2) is 30.3 Å². The van der Waals surface area contributed by atoms with Gasteiger partial charge in [-0.2, -0.15) is 0 Å². The predicted molar refractivity (Wildman–Crippen MR) is 76.3 cm³/mol. The number of aliphatic hydroxyl groups is 4. The minimum Gasteiger partial charge on any atom is -0.394 e. The van der Waals surface area contributed by atoms with E-state index in [0.29, 0.717) is 5.69 Å². The maximum Gasteiger partial charge on any atom is 0.163 e. The first kappa shape index (κ1) is 15.3. The minimum absolute atomic E-state index is 0.471. The molecule has 1 fully saturated rings. The van der Waals surface area contributed by atoms with Gasteiger partial charge < -0.3 is 30.1 Å². The zero-order valence-electron chi connectivity index (χ0n) is 10.6. The van der Waals surface area contributed by atoms with Crippen molar-refractivity contribution in [3.8, 4) is 0 Å². The number of para-hydroxylation sites is 1. The predicted octanol–water partition coefficient (Wildman–Crippen LogP) is -0.750. The van der Waals surface area contributed by atoms with Crippen LogP contribution < -0.4 is 4.90 Å². The molecule has 1 aliphatic heterocycles. The highest BCUT2D eigenvalue weighted by Crippen LogP contribution is 2.26. The Morgan fingerprint density at radius 3 is 2.30 bits per heavy atom. The van der Waals surface area contributed by atoms with Crippen LogP contribution in [0.4, 0.5) is 5.69 Å². The molecule has 0 unspecified atom stereocenters. The Balaban J connectivity index is 2.27. The van der Waals surface area contributed by atoms with Crippen LogP contribution in [0, 0.1) is 0 Å². The molecule has 7 heteroatoms. The van der Waals surface area contributed by atoms with E-state index in [2.05, 4.69) is 0 Å². The molecule has 0 bridgehead atoms. The molecule has 1 heterocycles. The maximum atomic E-state index is 10.1. The molecular weight excluding hydrogens is 282 g/mol. The van der Waals surface area contributed by atoms with Gasteiger partial charge in [0.1, 0.15) is 24.4 Å². The van der Waals surface area contributed by atoms with Crippen molar-refractivity contribution in [1.29, 1.82) is 0 Å². The molecule has 0 radical (unpaired) electrons. The lowest BCUT2D eigenvalue weighted by atomic mass is 9.97. The summed E-state index contributed by atoms with van der Waals surface area (Å²) in [5.41, 5.74) is 1.97. The third-order valence-corrected chi connectivity index (χ3v) is 3.54. The van der Waals surface area contributed by atoms with Crippen LogP contribution in [0.1, 0.15) is 0 Å². The first-order valence-corrected chi connectivity index (χ1v) is 6.66. The summed E-state index contributed by atoms with van der Waals surface area (Å²) in [6.07, 6.45) is -6.10. The Morgan fingerprint density at radius 1 is 1.10 bits per heavy atom. The molecule has 4 N–H and O–H groups in total. The van der Waals surface area contributed by atoms with Crippen molar-refractivity contribution in [3.63, 3.8) is 0 Å². The highest BCUT2D eigenvalue weighted by atomic mass is 32.1. The summed E-state index contributed by atoms with van der Waals surface area (Å²) in [6, 6.07) is 8.96. The van der Waals surface area contributed by atoms with E-state index in [9.17, 15) is 20.4 Å². The second-order valence-electron chi connectivity index (χ2n) is 4.57. The number of benzene rings is 1. The van der Waals surface area contributed by atoms with Gasteiger partial charge in [0.25, 0.3) is 0 Å². The second kappa shape index (κ2) is 6.57. The van der Waals surface area contributed by atoms with Gasteiger partial charge >= 0.3 is 0 Å². The van der Waals surface area contributed by atoms with Crippen LogP contribution in [-0.2, 0) is 4.74 Å². The molecule has 2 rings (SSSR count). The Labute approximate surface area is 121 Å². The van der Waals surface area contributed by atoms with Crippen molar-refractivity contribution in [2.24, 2.45) is 0 Å². The number of anilines is 1. The fourth-order valence-corrected chi connectivity index (χ4v) is 2.42. The highest BCUT2D eigenvalue weighted by molar-refractivity contribution is 7.79. The monoisotopic (exact) mass is 299 g/mol. The number of nitrogens with zero attached hydrogens (tertiary/aromatic N) is 1. The molecule has 0 saturated carbocycles. The first-order chi connectivity index (χ1) is 9.60. The molecule has 1 aliphatic rings. The Kier molecular flexibility index (Phi) is 5.03. The fourth-order valence-electron chi connectivity index (χ4n) is 2.18. The van der Waals surface area contributed by atoms with Crippen LogP contribution in [-0.4, -0.2) is 63.2 Å². The quantitative estimate of drug-likeness (QED) is 0.544. The maximum absolute atomic E-state index is 10.1. The van der Waals surface area contributed by atoms with Crippen molar-refractivity contribution < 1.29 is 25.2 Å². The Hall–Kier alpha value is -1.09. The van der Waals surface area contributed by atoms with Gasteiger partial charge in [-0.3, -0.25) is 0 Å². The third-order valence-electron chi connectivity index (χ3n) is 3.31. The van der Waals surface area contributed by atoms with Gasteiger partial charge in [0.2, 0.25) is 0 Å². The zero-order chi connectivity index (χ0) is 14.7. The van der Waals surface area contributed by atoms with E-state index in [1.165, 1.54) is 10.4 Å². The zero-order valence-corrected chi connectivity index (χ0v) is 11.4. The van der Waals surface area contributed by atoms with Crippen LogP contribution >= 0.6 is 12.2 Å². The van der Waals surface area contributed by atoms with E-state index in [1.54, 1.807) is 24.3 Å². The van der Waals surface area contributed by atoms with Crippen molar-refractivity contribution in [3.05, 3.63) is 30.3 Å². The lowest BCUT2D eigenvalue weighted by molar-refractivity contribution is -0.225. The van der Waals surface area contributed by atoms with E-state index >= 15 is 0 Å². The number of ether oxygens (including phenoxy) is 1. The van der Waals surface area contributed by atoms with Crippen LogP contribution in [0.5, 0.6) is 0 Å². The van der Waals surface area contributed by atoms with Crippen LogP contribution in [0.25, 0.3) is 0 Å². The molecule has 0 spiro atoms. The van der Waals surface area contributed by atoms with E-state index in [0.717, 1.165) is 0 Å². The van der Waals surface area contributed by atoms with Gasteiger partial charge in [0.15, 0.2) is 6.23 Å². The summed E-state index contributed by atoms with van der Waals surface area (Å²) in [6.45, 7) is -0.471. The number of hydrogen-bond donors (Lipinski definition) is 4. The average molecular weight is 299 g/mol. The van der Waals surface area contributed by atoms with Crippen molar-refractivity contribution >= 4 is 23.4 Å². The average Bonchev–Trinajstić information content (AvgIpc) is 2.49. The fraction of sp³-hybridized carbons (Fsp3) is 0.462. The largest absolute Gasteiger partial charge is 0.394 e. The van der Waals surface area contributed by atoms with Gasteiger partial charge in [0, 0.05) is 5.69 Å². The second-order valence-corrected chi connectivity index (χ2v) is 4.78. The number of hydrogen-bond acceptors (Lipinski definition) is 6. The summed E-state index contributed by atoms with van der Waals surface area (Å²) >= 11 is 4.94. The van der Waals surface area contributed by atoms with E-state index in [-0.39, 0.29) is 0 Å². The summed E-state index contributed by atoms with van der Waals surface area (Å²) in [7, 11) is 0. The van der Waals surface area contributed by atoms with Gasteiger partial charge in [-0.15, -0.1) is 0 Å². The molecule has 1 aromatic rings. The molecule has 110 valence electrons. The van der Waals surface area contributed by atoms with Gasteiger partial charge in [-0.25, -0.2) is 0 Å². The topological polar surface area (TPSA) is 93.4 Å². The molecule has 0 aliphatic carbocycles. The first-order valence-electron chi connectivity index (χ1n) is 6.19. The Bertz CT molecular complexity index is 444. The van der Waals surface area contributed by atoms with E-state index < -0.39 is 37.3 Å². The number of aliphatic hydroxyl groups excluding tert-OH is 4. The van der Waals surface area contributed by atoms with E-state index in [4.69, 9.17) is 17.0 Å². The molecule has 0 aromatic heterocycles. The molecular formula is C13H17NO5S. The summed E-state index contributed by atoms with van der Waals surface area (Å²) in [5, 5.41) is 38.8. The van der Waals surface area contributed by atoms with Crippen molar-refractivity contribution in [1.82, 2.24) is 0 Å². The summed E-state index contributed by atoms with van der Waals surface area (Å²) in [4.78, 5) is 1.47. The van der Waals surface area contributed by atoms with Crippen LogP contribution in [0.2, 0.25) is 0 Å². The smallest absolute Gasteiger partial charge is 0.163 e. The molecule has 0 amide bonds. The third kappa shape index (κ3) is 2.83. The van der Waals surface area contributed by atoms with Crippen molar-refractivity contribution in [2.45, 2.75) is 30.6 Å². The van der Waals surface area contributed by atoms with Crippen LogP contribution in [0.3, 0.4) is 0 Å².